The number of aliphatic carboxylic acids is 1. The number of carbonyl (C=O) groups is 3. The van der Waals surface area contributed by atoms with Crippen LogP contribution >= 0.6 is 23.5 Å². The number of tetrazole rings is 1. The number of rotatable bonds is 10. The molecule has 16 nitrogen and oxygen atoms in total. The van der Waals surface area contributed by atoms with Crippen LogP contribution in [0.25, 0.3) is 0 Å². The van der Waals surface area contributed by atoms with Crippen LogP contribution in [-0.4, -0.2) is 97.0 Å². The van der Waals surface area contributed by atoms with Crippen LogP contribution < -0.4 is 10.9 Å². The smallest absolute Gasteiger partial charge is 0.352 e. The molecule has 0 bridgehead atoms. The molecular weight excluding hydrogens is 542 g/mol. The van der Waals surface area contributed by atoms with Crippen LogP contribution in [0.5, 0.6) is 0 Å². The molecule has 3 N–H and O–H groups in total. The average Bonchev–Trinajstić information content (AvgIpc) is 3.41. The van der Waals surface area contributed by atoms with Crippen LogP contribution in [0.2, 0.25) is 0 Å². The number of sulfone groups is 1. The number of fused-ring (bicyclic) bond motifs is 1. The van der Waals surface area contributed by atoms with Crippen LogP contribution in [0.1, 0.15) is 5.76 Å². The lowest BCUT2D eigenvalue weighted by Crippen LogP contribution is -2.81. The summed E-state index contributed by atoms with van der Waals surface area (Å²) in [5.74, 6) is -4.77. The Labute approximate surface area is 210 Å². The highest BCUT2D eigenvalue weighted by Crippen LogP contribution is 2.47. The minimum atomic E-state index is -4.07. The molecule has 1 saturated heterocycles. The third-order valence-electron chi connectivity index (χ3n) is 5.20. The summed E-state index contributed by atoms with van der Waals surface area (Å²) in [5.41, 5.74) is -2.39. The molecule has 194 valence electrons. The van der Waals surface area contributed by atoms with Crippen molar-refractivity contribution in [2.75, 3.05) is 24.4 Å². The van der Waals surface area contributed by atoms with Crippen LogP contribution in [0.15, 0.2) is 31.8 Å². The lowest BCUT2D eigenvalue weighted by atomic mass is 9.98. The van der Waals surface area contributed by atoms with Crippen molar-refractivity contribution >= 4 is 51.1 Å². The maximum Gasteiger partial charge on any atom is 0.352 e. The number of carboxylic acid groups (broad SMARTS) is 1. The molecule has 0 aliphatic carbocycles. The van der Waals surface area contributed by atoms with E-state index in [1.165, 1.54) is 16.4 Å². The maximum absolute atomic E-state index is 13.1. The first kappa shape index (κ1) is 25.9. The third-order valence-corrected chi connectivity index (χ3v) is 9.10. The summed E-state index contributed by atoms with van der Waals surface area (Å²) < 4.78 is 36.2. The monoisotopic (exact) mass is 561 g/mol. The number of carbonyl (C=O) groups excluding carboxylic acids is 2. The van der Waals surface area contributed by atoms with E-state index in [0.717, 1.165) is 29.8 Å². The van der Waals surface area contributed by atoms with E-state index in [9.17, 15) is 32.7 Å². The van der Waals surface area contributed by atoms with Gasteiger partial charge < -0.3 is 19.7 Å². The van der Waals surface area contributed by atoms with Crippen molar-refractivity contribution in [2.24, 2.45) is 7.05 Å². The number of hydrogen-bond acceptors (Lipinski definition) is 13. The largest absolute Gasteiger partial charge is 0.477 e. The third kappa shape index (κ3) is 4.77. The first-order chi connectivity index (χ1) is 17.0. The van der Waals surface area contributed by atoms with Crippen molar-refractivity contribution in [3.8, 4) is 0 Å². The van der Waals surface area contributed by atoms with Gasteiger partial charge >= 0.3 is 5.97 Å². The SMILES string of the molecule is CO[C@@]1(NC(=O)CS(=O)(=O)Cc2cc(=O)[nH]o2)C(=O)N2C(C(=O)O)=C(CSc3nnnn3C)CS[C@@H]21. The molecule has 0 aromatic carbocycles. The Morgan fingerprint density at radius 3 is 2.78 bits per heavy atom. The van der Waals surface area contributed by atoms with Crippen LogP contribution in [0.4, 0.5) is 0 Å². The number of amides is 2. The fraction of sp³-hybridized carbons (Fsp3) is 0.471. The van der Waals surface area contributed by atoms with Gasteiger partial charge in [0.05, 0.1) is 0 Å². The molecule has 2 aromatic heterocycles. The summed E-state index contributed by atoms with van der Waals surface area (Å²) >= 11 is 2.35. The van der Waals surface area contributed by atoms with Crippen LogP contribution in [0, 0.1) is 0 Å². The Kier molecular flexibility index (Phi) is 6.99. The highest BCUT2D eigenvalue weighted by molar-refractivity contribution is 8.01. The molecule has 2 aromatic rings. The van der Waals surface area contributed by atoms with Gasteiger partial charge in [0.15, 0.2) is 15.6 Å². The fourth-order valence-electron chi connectivity index (χ4n) is 3.65. The Hall–Kier alpha value is -3.16. The van der Waals surface area contributed by atoms with Gasteiger partial charge in [-0.05, 0) is 16.0 Å². The molecule has 0 saturated carbocycles. The first-order valence-electron chi connectivity index (χ1n) is 9.97. The molecule has 36 heavy (non-hydrogen) atoms. The minimum Gasteiger partial charge on any atom is -0.477 e. The molecule has 2 amide bonds. The van der Waals surface area contributed by atoms with Crippen molar-refractivity contribution in [3.05, 3.63) is 33.5 Å². The summed E-state index contributed by atoms with van der Waals surface area (Å²) in [6, 6.07) is 0.939. The minimum absolute atomic E-state index is 0.179. The summed E-state index contributed by atoms with van der Waals surface area (Å²) in [4.78, 5) is 49.9. The van der Waals surface area contributed by atoms with E-state index in [1.54, 1.807) is 7.05 Å². The van der Waals surface area contributed by atoms with Crippen molar-refractivity contribution < 1.29 is 37.2 Å². The van der Waals surface area contributed by atoms with Crippen molar-refractivity contribution in [1.29, 1.82) is 0 Å². The zero-order chi connectivity index (χ0) is 26.3. The molecule has 1 fully saturated rings. The van der Waals surface area contributed by atoms with Gasteiger partial charge in [0.1, 0.15) is 22.6 Å². The summed E-state index contributed by atoms with van der Waals surface area (Å²) in [7, 11) is -1.30. The van der Waals surface area contributed by atoms with Gasteiger partial charge in [-0.3, -0.25) is 19.3 Å². The molecule has 2 aliphatic heterocycles. The molecule has 4 rings (SSSR count). The Balaban J connectivity index is 1.49. The normalized spacial score (nSPS) is 21.8. The fourth-order valence-corrected chi connectivity index (χ4v) is 7.23. The zero-order valence-electron chi connectivity index (χ0n) is 18.7. The Morgan fingerprint density at radius 2 is 2.19 bits per heavy atom. The predicted molar refractivity (Wildman–Crippen MR) is 122 cm³/mol. The van der Waals surface area contributed by atoms with E-state index < -0.39 is 55.8 Å². The number of nitrogens with zero attached hydrogens (tertiary/aromatic N) is 5. The lowest BCUT2D eigenvalue weighted by molar-refractivity contribution is -0.192. The number of β-lactam (4-membered cyclic amide) rings is 1. The van der Waals surface area contributed by atoms with Crippen molar-refractivity contribution in [1.82, 2.24) is 35.6 Å². The number of nitrogens with one attached hydrogen (secondary N) is 2. The number of ether oxygens (including phenoxy) is 1. The predicted octanol–water partition coefficient (Wildman–Crippen LogP) is -2.09. The number of aromatic amines is 1. The second-order valence-corrected chi connectivity index (χ2v) is 11.7. The number of carboxylic acids is 1. The lowest BCUT2D eigenvalue weighted by Gasteiger charge is -2.55. The number of H-pyrrole nitrogens is 1. The quantitative estimate of drug-likeness (QED) is 0.161. The van der Waals surface area contributed by atoms with E-state index in [2.05, 4.69) is 20.8 Å². The number of thioether (sulfide) groups is 2. The molecule has 4 heterocycles. The van der Waals surface area contributed by atoms with Gasteiger partial charge in [-0.1, -0.05) is 11.8 Å². The molecule has 0 unspecified atom stereocenters. The highest BCUT2D eigenvalue weighted by atomic mass is 32.2. The number of hydrogen-bond donors (Lipinski definition) is 3. The Bertz CT molecular complexity index is 1410. The van der Waals surface area contributed by atoms with E-state index in [1.807, 2.05) is 5.16 Å². The molecule has 2 atom stereocenters. The van der Waals surface area contributed by atoms with E-state index in [0.29, 0.717) is 10.7 Å². The molecule has 0 spiro atoms. The van der Waals surface area contributed by atoms with E-state index >= 15 is 0 Å². The second kappa shape index (κ2) is 9.71. The second-order valence-electron chi connectivity index (χ2n) is 7.67. The van der Waals surface area contributed by atoms with Crippen LogP contribution in [-0.2, 0) is 41.8 Å². The van der Waals surface area contributed by atoms with Gasteiger partial charge in [0, 0.05) is 31.7 Å². The summed E-state index contributed by atoms with van der Waals surface area (Å²) in [6.45, 7) is 0. The van der Waals surface area contributed by atoms with Gasteiger partial charge in [-0.15, -0.1) is 16.9 Å². The molecule has 2 aliphatic rings. The number of aromatic nitrogens is 5. The summed E-state index contributed by atoms with van der Waals surface area (Å²) in [5, 5.41) is 24.6. The average molecular weight is 562 g/mol. The van der Waals surface area contributed by atoms with Gasteiger partial charge in [0.25, 0.3) is 17.2 Å². The number of aryl methyl sites for hydroxylation is 1. The number of methoxy groups -OCH3 is 1. The highest BCUT2D eigenvalue weighted by Gasteiger charge is 2.66. The molecular formula is C17H19N7O9S3. The van der Waals surface area contributed by atoms with E-state index in [-0.39, 0.29) is 23.0 Å². The van der Waals surface area contributed by atoms with Crippen molar-refractivity contribution in [3.63, 3.8) is 0 Å². The molecule has 19 heteroatoms. The first-order valence-corrected chi connectivity index (χ1v) is 13.8. The van der Waals surface area contributed by atoms with Crippen LogP contribution in [0.3, 0.4) is 0 Å². The maximum atomic E-state index is 13.1. The van der Waals surface area contributed by atoms with Gasteiger partial charge in [-0.2, -0.15) is 5.16 Å². The molecule has 0 radical (unpaired) electrons. The van der Waals surface area contributed by atoms with E-state index in [4.69, 9.17) is 9.26 Å². The topological polar surface area (TPSA) is 220 Å². The van der Waals surface area contributed by atoms with Crippen molar-refractivity contribution in [2.45, 2.75) is 22.0 Å². The Morgan fingerprint density at radius 1 is 1.44 bits per heavy atom. The van der Waals surface area contributed by atoms with Gasteiger partial charge in [-0.25, -0.2) is 17.9 Å². The standard InChI is InChI=1S/C17H19N7O9S3/c1-23-16(19-21-22-23)35-5-8-4-34-15-17(32-2,14(29)24(15)12(8)13(27)28)18-11(26)7-36(30,31)6-9-3-10(25)20-33-9/h3,15H,4-7H2,1-2H3,(H,18,26)(H,20,25)(H,27,28)/t15-,17+/m1/s1. The zero-order valence-corrected chi connectivity index (χ0v) is 21.1. The summed E-state index contributed by atoms with van der Waals surface area (Å²) in [6.07, 6.45) is 0. The van der Waals surface area contributed by atoms with Gasteiger partial charge in [0.2, 0.25) is 11.1 Å².